The Kier molecular flexibility index (Phi) is 4.42. The van der Waals surface area contributed by atoms with Gasteiger partial charge in [0.15, 0.2) is 0 Å². The summed E-state index contributed by atoms with van der Waals surface area (Å²) in [6.45, 7) is 1.43. The monoisotopic (exact) mass is 364 g/mol. The molecule has 1 amide bonds. The third kappa shape index (κ3) is 3.36. The van der Waals surface area contributed by atoms with Crippen molar-refractivity contribution >= 4 is 33.2 Å². The molecule has 1 atom stereocenters. The Morgan fingerprint density at radius 2 is 2.19 bits per heavy atom. The van der Waals surface area contributed by atoms with Gasteiger partial charge in [-0.1, -0.05) is 24.3 Å². The standard InChI is InChI=1S/C16H17BrN2OS/c1-19(9-14-7-13(17)10-21-14)16(20)15-6-11-4-2-3-5-12(11)8-18-15/h2-5,7,10,15,18H,6,8-9H2,1H3/t15-/m1/s1. The lowest BCUT2D eigenvalue weighted by Crippen LogP contribution is -2.47. The highest BCUT2D eigenvalue weighted by Crippen LogP contribution is 2.22. The SMILES string of the molecule is CN(Cc1cc(Br)cs1)C(=O)[C@H]1Cc2ccccc2CN1. The number of hydrogen-bond donors (Lipinski definition) is 1. The molecule has 110 valence electrons. The number of thiophene rings is 1. The van der Waals surface area contributed by atoms with Gasteiger partial charge in [-0.15, -0.1) is 11.3 Å². The van der Waals surface area contributed by atoms with Gasteiger partial charge in [0.25, 0.3) is 0 Å². The van der Waals surface area contributed by atoms with E-state index in [0.29, 0.717) is 6.54 Å². The van der Waals surface area contributed by atoms with Crippen LogP contribution in [0.1, 0.15) is 16.0 Å². The Balaban J connectivity index is 1.66. The normalized spacial score (nSPS) is 17.3. The summed E-state index contributed by atoms with van der Waals surface area (Å²) in [7, 11) is 1.87. The molecule has 1 aliphatic rings. The van der Waals surface area contributed by atoms with Crippen LogP contribution >= 0.6 is 27.3 Å². The fourth-order valence-corrected chi connectivity index (χ4v) is 4.15. The van der Waals surface area contributed by atoms with Gasteiger partial charge in [0.05, 0.1) is 12.6 Å². The number of likely N-dealkylation sites (N-methyl/N-ethyl adjacent to an activating group) is 1. The van der Waals surface area contributed by atoms with Crippen LogP contribution in [0, 0.1) is 0 Å². The van der Waals surface area contributed by atoms with Crippen LogP contribution in [0.15, 0.2) is 40.2 Å². The van der Waals surface area contributed by atoms with Crippen molar-refractivity contribution < 1.29 is 4.79 Å². The topological polar surface area (TPSA) is 32.3 Å². The molecule has 0 unspecified atom stereocenters. The van der Waals surface area contributed by atoms with Crippen molar-refractivity contribution in [2.75, 3.05) is 7.05 Å². The smallest absolute Gasteiger partial charge is 0.240 e. The fraction of sp³-hybridized carbons (Fsp3) is 0.312. The summed E-state index contributed by atoms with van der Waals surface area (Å²) >= 11 is 5.12. The van der Waals surface area contributed by atoms with Gasteiger partial charge in [0.2, 0.25) is 5.91 Å². The first-order valence-corrected chi connectivity index (χ1v) is 8.59. The molecule has 2 aromatic rings. The number of nitrogens with one attached hydrogen (secondary N) is 1. The van der Waals surface area contributed by atoms with Gasteiger partial charge in [0.1, 0.15) is 0 Å². The molecule has 3 nitrogen and oxygen atoms in total. The number of halogens is 1. The van der Waals surface area contributed by atoms with Gasteiger partial charge in [0, 0.05) is 28.3 Å². The van der Waals surface area contributed by atoms with E-state index in [1.807, 2.05) is 29.5 Å². The molecule has 21 heavy (non-hydrogen) atoms. The van der Waals surface area contributed by atoms with Gasteiger partial charge in [-0.25, -0.2) is 0 Å². The lowest BCUT2D eigenvalue weighted by Gasteiger charge is -2.28. The van der Waals surface area contributed by atoms with E-state index in [1.54, 1.807) is 11.3 Å². The van der Waals surface area contributed by atoms with Gasteiger partial charge < -0.3 is 10.2 Å². The average Bonchev–Trinajstić information content (AvgIpc) is 2.91. The van der Waals surface area contributed by atoms with E-state index in [9.17, 15) is 4.79 Å². The van der Waals surface area contributed by atoms with Crippen molar-refractivity contribution in [1.82, 2.24) is 10.2 Å². The van der Waals surface area contributed by atoms with E-state index in [1.165, 1.54) is 16.0 Å². The van der Waals surface area contributed by atoms with Crippen molar-refractivity contribution in [1.29, 1.82) is 0 Å². The first-order chi connectivity index (χ1) is 10.1. The summed E-state index contributed by atoms with van der Waals surface area (Å²) in [6, 6.07) is 10.3. The second-order valence-corrected chi connectivity index (χ2v) is 7.24. The summed E-state index contributed by atoms with van der Waals surface area (Å²) in [5.41, 5.74) is 2.58. The van der Waals surface area contributed by atoms with Gasteiger partial charge in [-0.3, -0.25) is 4.79 Å². The molecule has 0 spiro atoms. The molecular weight excluding hydrogens is 348 g/mol. The lowest BCUT2D eigenvalue weighted by molar-refractivity contribution is -0.132. The molecule has 1 aromatic carbocycles. The summed E-state index contributed by atoms with van der Waals surface area (Å²) in [5, 5.41) is 5.39. The summed E-state index contributed by atoms with van der Waals surface area (Å²) in [6.07, 6.45) is 0.771. The van der Waals surface area contributed by atoms with E-state index in [4.69, 9.17) is 0 Å². The molecule has 1 N–H and O–H groups in total. The van der Waals surface area contributed by atoms with Crippen LogP contribution in [0.5, 0.6) is 0 Å². The first-order valence-electron chi connectivity index (χ1n) is 6.91. The van der Waals surface area contributed by atoms with Crippen molar-refractivity contribution in [2.45, 2.75) is 25.6 Å². The Morgan fingerprint density at radius 3 is 2.90 bits per heavy atom. The lowest BCUT2D eigenvalue weighted by atomic mass is 9.95. The molecule has 3 rings (SSSR count). The van der Waals surface area contributed by atoms with Crippen molar-refractivity contribution in [3.63, 3.8) is 0 Å². The van der Waals surface area contributed by atoms with Crippen LogP contribution in [-0.2, 0) is 24.3 Å². The van der Waals surface area contributed by atoms with Crippen LogP contribution < -0.4 is 5.32 Å². The highest BCUT2D eigenvalue weighted by Gasteiger charge is 2.26. The molecule has 0 fully saturated rings. The zero-order valence-corrected chi connectivity index (χ0v) is 14.2. The molecule has 2 heterocycles. The third-order valence-electron chi connectivity index (χ3n) is 3.77. The summed E-state index contributed by atoms with van der Waals surface area (Å²) < 4.78 is 1.08. The molecule has 5 heteroatoms. The number of carbonyl (C=O) groups is 1. The number of benzene rings is 1. The molecular formula is C16H17BrN2OS. The highest BCUT2D eigenvalue weighted by molar-refractivity contribution is 9.10. The predicted molar refractivity (Wildman–Crippen MR) is 89.3 cm³/mol. The number of fused-ring (bicyclic) bond motifs is 1. The van der Waals surface area contributed by atoms with Crippen molar-refractivity contribution in [3.05, 3.63) is 56.2 Å². The fourth-order valence-electron chi connectivity index (χ4n) is 2.64. The molecule has 0 aliphatic carbocycles. The van der Waals surface area contributed by atoms with E-state index in [2.05, 4.69) is 39.4 Å². The van der Waals surface area contributed by atoms with Crippen LogP contribution in [-0.4, -0.2) is 23.9 Å². The van der Waals surface area contributed by atoms with E-state index < -0.39 is 0 Å². The minimum atomic E-state index is -0.117. The molecule has 0 saturated heterocycles. The van der Waals surface area contributed by atoms with E-state index >= 15 is 0 Å². The number of nitrogens with zero attached hydrogens (tertiary/aromatic N) is 1. The van der Waals surface area contributed by atoms with E-state index in [-0.39, 0.29) is 11.9 Å². The molecule has 0 saturated carbocycles. The Bertz CT molecular complexity index is 655. The Hall–Kier alpha value is -1.17. The van der Waals surface area contributed by atoms with Gasteiger partial charge >= 0.3 is 0 Å². The van der Waals surface area contributed by atoms with Crippen LogP contribution in [0.25, 0.3) is 0 Å². The van der Waals surface area contributed by atoms with Crippen molar-refractivity contribution in [3.8, 4) is 0 Å². The Labute approximate surface area is 137 Å². The number of rotatable bonds is 3. The Morgan fingerprint density at radius 1 is 1.43 bits per heavy atom. The number of amides is 1. The highest BCUT2D eigenvalue weighted by atomic mass is 79.9. The molecule has 1 aromatic heterocycles. The van der Waals surface area contributed by atoms with Crippen LogP contribution in [0.2, 0.25) is 0 Å². The molecule has 0 radical (unpaired) electrons. The minimum Gasteiger partial charge on any atom is -0.339 e. The van der Waals surface area contributed by atoms with Crippen LogP contribution in [0.3, 0.4) is 0 Å². The van der Waals surface area contributed by atoms with Crippen molar-refractivity contribution in [2.24, 2.45) is 0 Å². The zero-order chi connectivity index (χ0) is 14.8. The maximum Gasteiger partial charge on any atom is 0.240 e. The maximum absolute atomic E-state index is 12.6. The van der Waals surface area contributed by atoms with E-state index in [0.717, 1.165) is 17.4 Å². The quantitative estimate of drug-likeness (QED) is 0.906. The predicted octanol–water partition coefficient (Wildman–Crippen LogP) is 3.18. The number of carbonyl (C=O) groups excluding carboxylic acids is 1. The summed E-state index contributed by atoms with van der Waals surface area (Å²) in [5.74, 6) is 0.161. The second kappa shape index (κ2) is 6.30. The molecule has 0 bridgehead atoms. The summed E-state index contributed by atoms with van der Waals surface area (Å²) in [4.78, 5) is 15.6. The number of hydrogen-bond acceptors (Lipinski definition) is 3. The average molecular weight is 365 g/mol. The zero-order valence-electron chi connectivity index (χ0n) is 11.8. The second-order valence-electron chi connectivity index (χ2n) is 5.33. The van der Waals surface area contributed by atoms with Gasteiger partial charge in [-0.2, -0.15) is 0 Å². The minimum absolute atomic E-state index is 0.117. The third-order valence-corrected chi connectivity index (χ3v) is 5.45. The van der Waals surface area contributed by atoms with Crippen LogP contribution in [0.4, 0.5) is 0 Å². The maximum atomic E-state index is 12.6. The van der Waals surface area contributed by atoms with Gasteiger partial charge in [-0.05, 0) is 39.5 Å². The largest absolute Gasteiger partial charge is 0.339 e. The first kappa shape index (κ1) is 14.8. The molecule has 1 aliphatic heterocycles.